The van der Waals surface area contributed by atoms with Gasteiger partial charge in [0, 0.05) is 16.1 Å². The summed E-state index contributed by atoms with van der Waals surface area (Å²) in [5.41, 5.74) is 6.52. The number of nitrogens with zero attached hydrogens (tertiary/aromatic N) is 2. The van der Waals surface area contributed by atoms with Gasteiger partial charge < -0.3 is 10.3 Å². The zero-order valence-electron chi connectivity index (χ0n) is 10.7. The average molecular weight is 328 g/mol. The first-order chi connectivity index (χ1) is 9.01. The monoisotopic (exact) mass is 327 g/mol. The van der Waals surface area contributed by atoms with Crippen LogP contribution in [0.15, 0.2) is 27.2 Å². The largest absolute Gasteiger partial charge is 0.339 e. The maximum absolute atomic E-state index is 13.3. The van der Waals surface area contributed by atoms with E-state index in [0.717, 1.165) is 6.42 Å². The number of hydrogen-bond donors (Lipinski definition) is 1. The fraction of sp³-hybridized carbons (Fsp3) is 0.385. The van der Waals surface area contributed by atoms with Crippen molar-refractivity contribution in [2.75, 3.05) is 0 Å². The zero-order valence-corrected chi connectivity index (χ0v) is 12.3. The Morgan fingerprint density at radius 2 is 2.16 bits per heavy atom. The van der Waals surface area contributed by atoms with E-state index in [1.165, 1.54) is 12.1 Å². The van der Waals surface area contributed by atoms with E-state index < -0.39 is 0 Å². The number of halogens is 2. The second-order valence-corrected chi connectivity index (χ2v) is 5.39. The molecular weight excluding hydrogens is 313 g/mol. The Balaban J connectivity index is 2.30. The molecule has 2 atom stereocenters. The van der Waals surface area contributed by atoms with Crippen LogP contribution in [0.5, 0.6) is 0 Å². The second kappa shape index (κ2) is 5.79. The maximum Gasteiger partial charge on any atom is 0.231 e. The predicted molar refractivity (Wildman–Crippen MR) is 74.1 cm³/mol. The lowest BCUT2D eigenvalue weighted by molar-refractivity contribution is 0.340. The van der Waals surface area contributed by atoms with E-state index in [-0.39, 0.29) is 17.8 Å². The number of hydrogen-bond acceptors (Lipinski definition) is 4. The van der Waals surface area contributed by atoms with E-state index >= 15 is 0 Å². The normalized spacial score (nSPS) is 14.4. The molecule has 2 aromatic rings. The van der Waals surface area contributed by atoms with E-state index in [2.05, 4.69) is 26.1 Å². The summed E-state index contributed by atoms with van der Waals surface area (Å²) in [6.45, 7) is 3.94. The van der Waals surface area contributed by atoms with Crippen LogP contribution < -0.4 is 5.73 Å². The standard InChI is InChI=1S/C13H15BrFN3O/c1-3-11(16)7(2)13-17-12(18-19-13)8-4-9(14)6-10(15)5-8/h4-7,11H,3,16H2,1-2H3. The maximum atomic E-state index is 13.3. The number of aromatic nitrogens is 2. The predicted octanol–water partition coefficient (Wildman–Crippen LogP) is 3.48. The van der Waals surface area contributed by atoms with Crippen LogP contribution in [0.1, 0.15) is 32.1 Å². The van der Waals surface area contributed by atoms with Crippen LogP contribution in [0.2, 0.25) is 0 Å². The fourth-order valence-corrected chi connectivity index (χ4v) is 2.22. The minimum absolute atomic E-state index is 0.0248. The molecule has 0 aliphatic carbocycles. The van der Waals surface area contributed by atoms with E-state index in [1.807, 2.05) is 13.8 Å². The highest BCUT2D eigenvalue weighted by Gasteiger charge is 2.20. The van der Waals surface area contributed by atoms with E-state index in [0.29, 0.717) is 21.8 Å². The minimum atomic E-state index is -0.353. The summed E-state index contributed by atoms with van der Waals surface area (Å²) in [6.07, 6.45) is 0.824. The Morgan fingerprint density at radius 3 is 2.79 bits per heavy atom. The lowest BCUT2D eigenvalue weighted by Gasteiger charge is -2.13. The summed E-state index contributed by atoms with van der Waals surface area (Å²) in [4.78, 5) is 4.29. The minimum Gasteiger partial charge on any atom is -0.339 e. The van der Waals surface area contributed by atoms with Gasteiger partial charge in [0.15, 0.2) is 0 Å². The molecule has 6 heteroatoms. The Hall–Kier alpha value is -1.27. The third-order valence-corrected chi connectivity index (χ3v) is 3.52. The van der Waals surface area contributed by atoms with E-state index in [9.17, 15) is 4.39 Å². The van der Waals surface area contributed by atoms with Gasteiger partial charge in [-0.15, -0.1) is 0 Å². The number of nitrogens with two attached hydrogens (primary N) is 1. The summed E-state index contributed by atoms with van der Waals surface area (Å²) in [7, 11) is 0. The fourth-order valence-electron chi connectivity index (χ4n) is 1.76. The van der Waals surface area contributed by atoms with Crippen molar-refractivity contribution in [1.82, 2.24) is 10.1 Å². The van der Waals surface area contributed by atoms with Gasteiger partial charge in [0.05, 0.1) is 5.92 Å². The molecule has 0 amide bonds. The molecule has 0 radical (unpaired) electrons. The Labute approximate surface area is 119 Å². The number of rotatable bonds is 4. The van der Waals surface area contributed by atoms with Crippen molar-refractivity contribution in [3.05, 3.63) is 34.4 Å². The van der Waals surface area contributed by atoms with Crippen LogP contribution in [-0.4, -0.2) is 16.2 Å². The molecule has 0 bridgehead atoms. The van der Waals surface area contributed by atoms with Gasteiger partial charge in [-0.25, -0.2) is 4.39 Å². The summed E-state index contributed by atoms with van der Waals surface area (Å²) >= 11 is 3.23. The van der Waals surface area contributed by atoms with Crippen molar-refractivity contribution in [3.8, 4) is 11.4 Å². The summed E-state index contributed by atoms with van der Waals surface area (Å²) < 4.78 is 19.2. The Morgan fingerprint density at radius 1 is 1.42 bits per heavy atom. The van der Waals surface area contributed by atoms with Crippen LogP contribution in [0.4, 0.5) is 4.39 Å². The third kappa shape index (κ3) is 3.19. The van der Waals surface area contributed by atoms with Gasteiger partial charge in [-0.3, -0.25) is 0 Å². The molecule has 2 rings (SSSR count). The van der Waals surface area contributed by atoms with Gasteiger partial charge in [0.2, 0.25) is 11.7 Å². The van der Waals surface area contributed by atoms with E-state index in [4.69, 9.17) is 10.3 Å². The molecule has 0 spiro atoms. The van der Waals surface area contributed by atoms with Gasteiger partial charge in [-0.2, -0.15) is 4.98 Å². The summed E-state index contributed by atoms with van der Waals surface area (Å²) in [5, 5.41) is 3.88. The molecule has 0 saturated heterocycles. The molecule has 1 aromatic carbocycles. The number of benzene rings is 1. The third-order valence-electron chi connectivity index (χ3n) is 3.07. The molecule has 0 aliphatic rings. The summed E-state index contributed by atoms with van der Waals surface area (Å²) in [5.74, 6) is 0.465. The molecule has 1 heterocycles. The van der Waals surface area contributed by atoms with Crippen LogP contribution >= 0.6 is 15.9 Å². The smallest absolute Gasteiger partial charge is 0.231 e. The molecule has 0 fully saturated rings. The van der Waals surface area contributed by atoms with Gasteiger partial charge in [-0.1, -0.05) is 34.9 Å². The van der Waals surface area contributed by atoms with Crippen LogP contribution in [-0.2, 0) is 0 Å². The Kier molecular flexibility index (Phi) is 4.31. The van der Waals surface area contributed by atoms with Gasteiger partial charge in [0.25, 0.3) is 0 Å². The lowest BCUT2D eigenvalue weighted by Crippen LogP contribution is -2.25. The average Bonchev–Trinajstić information content (AvgIpc) is 2.85. The van der Waals surface area contributed by atoms with Crippen molar-refractivity contribution < 1.29 is 8.91 Å². The first kappa shape index (κ1) is 14.1. The quantitative estimate of drug-likeness (QED) is 0.933. The highest BCUT2D eigenvalue weighted by Crippen LogP contribution is 2.25. The molecular formula is C13H15BrFN3O. The Bertz CT molecular complexity index is 553. The lowest BCUT2D eigenvalue weighted by atomic mass is 10.0. The highest BCUT2D eigenvalue weighted by molar-refractivity contribution is 9.10. The first-order valence-electron chi connectivity index (χ1n) is 6.07. The van der Waals surface area contributed by atoms with Crippen molar-refractivity contribution in [1.29, 1.82) is 0 Å². The van der Waals surface area contributed by atoms with Crippen molar-refractivity contribution in [2.45, 2.75) is 32.2 Å². The molecule has 0 aliphatic heterocycles. The van der Waals surface area contributed by atoms with Crippen LogP contribution in [0, 0.1) is 5.82 Å². The molecule has 102 valence electrons. The van der Waals surface area contributed by atoms with Crippen LogP contribution in [0.3, 0.4) is 0 Å². The molecule has 0 saturated carbocycles. The zero-order chi connectivity index (χ0) is 14.0. The molecule has 4 nitrogen and oxygen atoms in total. The topological polar surface area (TPSA) is 64.9 Å². The van der Waals surface area contributed by atoms with Gasteiger partial charge >= 0.3 is 0 Å². The molecule has 19 heavy (non-hydrogen) atoms. The molecule has 2 unspecified atom stereocenters. The van der Waals surface area contributed by atoms with Gasteiger partial charge in [-0.05, 0) is 24.6 Å². The van der Waals surface area contributed by atoms with E-state index in [1.54, 1.807) is 6.07 Å². The SMILES string of the molecule is CCC(N)C(C)c1nc(-c2cc(F)cc(Br)c2)no1. The van der Waals surface area contributed by atoms with Crippen molar-refractivity contribution >= 4 is 15.9 Å². The van der Waals surface area contributed by atoms with Crippen molar-refractivity contribution in [3.63, 3.8) is 0 Å². The second-order valence-electron chi connectivity index (χ2n) is 4.48. The van der Waals surface area contributed by atoms with Gasteiger partial charge in [0.1, 0.15) is 5.82 Å². The molecule has 2 N–H and O–H groups in total. The first-order valence-corrected chi connectivity index (χ1v) is 6.86. The van der Waals surface area contributed by atoms with Crippen LogP contribution in [0.25, 0.3) is 11.4 Å². The van der Waals surface area contributed by atoms with Crippen molar-refractivity contribution in [2.24, 2.45) is 5.73 Å². The highest BCUT2D eigenvalue weighted by atomic mass is 79.9. The summed E-state index contributed by atoms with van der Waals surface area (Å²) in [6, 6.07) is 4.44. The molecule has 1 aromatic heterocycles.